The predicted octanol–water partition coefficient (Wildman–Crippen LogP) is 5.26. The first-order chi connectivity index (χ1) is 12.5. The van der Waals surface area contributed by atoms with E-state index >= 15 is 0 Å². The summed E-state index contributed by atoms with van der Waals surface area (Å²) in [7, 11) is 1.60. The highest BCUT2D eigenvalue weighted by molar-refractivity contribution is 9.10. The maximum atomic E-state index is 12.9. The average Bonchev–Trinajstić information content (AvgIpc) is 2.90. The Labute approximate surface area is 170 Å². The van der Waals surface area contributed by atoms with E-state index in [-0.39, 0.29) is 5.91 Å². The number of halogens is 1. The third-order valence-electron chi connectivity index (χ3n) is 3.68. The standard InChI is InChI=1S/C19H16BrNO3S2/c1-3-24-15-7-5-14(6-8-15)21-18(22)17(26-19(21)25)11-12-10-13(20)4-9-16(12)23-2/h4-11H,3H2,1-2H3. The first-order valence-electron chi connectivity index (χ1n) is 7.88. The fourth-order valence-corrected chi connectivity index (χ4v) is 4.18. The van der Waals surface area contributed by atoms with Crippen molar-refractivity contribution in [3.8, 4) is 11.5 Å². The van der Waals surface area contributed by atoms with E-state index < -0.39 is 0 Å². The molecule has 1 aliphatic heterocycles. The Bertz CT molecular complexity index is 881. The zero-order chi connectivity index (χ0) is 18.7. The molecule has 0 bridgehead atoms. The Morgan fingerprint density at radius 3 is 2.62 bits per heavy atom. The molecule has 26 heavy (non-hydrogen) atoms. The van der Waals surface area contributed by atoms with Gasteiger partial charge in [-0.1, -0.05) is 39.9 Å². The minimum Gasteiger partial charge on any atom is -0.496 e. The fourth-order valence-electron chi connectivity index (χ4n) is 2.51. The average molecular weight is 450 g/mol. The molecule has 1 amide bonds. The number of thiocarbonyl (C=S) groups is 1. The summed E-state index contributed by atoms with van der Waals surface area (Å²) in [5.74, 6) is 1.31. The van der Waals surface area contributed by atoms with Gasteiger partial charge in [0.2, 0.25) is 0 Å². The summed E-state index contributed by atoms with van der Waals surface area (Å²) in [5.41, 5.74) is 1.54. The first kappa shape index (κ1) is 18.9. The van der Waals surface area contributed by atoms with Gasteiger partial charge in [-0.3, -0.25) is 9.69 Å². The number of nitrogens with zero attached hydrogens (tertiary/aromatic N) is 1. The molecule has 1 fully saturated rings. The lowest BCUT2D eigenvalue weighted by Crippen LogP contribution is -2.27. The van der Waals surface area contributed by atoms with Crippen molar-refractivity contribution >= 4 is 61.9 Å². The SMILES string of the molecule is CCOc1ccc(N2C(=O)C(=Cc3cc(Br)ccc3OC)SC2=S)cc1. The summed E-state index contributed by atoms with van der Waals surface area (Å²) in [6, 6.07) is 13.0. The largest absolute Gasteiger partial charge is 0.496 e. The normalized spacial score (nSPS) is 15.7. The fraction of sp³-hybridized carbons (Fsp3) is 0.158. The van der Waals surface area contributed by atoms with Gasteiger partial charge < -0.3 is 9.47 Å². The molecule has 4 nitrogen and oxygen atoms in total. The van der Waals surface area contributed by atoms with Gasteiger partial charge in [-0.15, -0.1) is 0 Å². The van der Waals surface area contributed by atoms with Gasteiger partial charge in [-0.2, -0.15) is 0 Å². The number of methoxy groups -OCH3 is 1. The number of benzene rings is 2. The first-order valence-corrected chi connectivity index (χ1v) is 9.89. The Morgan fingerprint density at radius 2 is 1.96 bits per heavy atom. The van der Waals surface area contributed by atoms with Gasteiger partial charge in [0.05, 0.1) is 24.3 Å². The minimum absolute atomic E-state index is 0.147. The van der Waals surface area contributed by atoms with Gasteiger partial charge in [0.25, 0.3) is 5.91 Å². The van der Waals surface area contributed by atoms with Crippen LogP contribution in [0.1, 0.15) is 12.5 Å². The van der Waals surface area contributed by atoms with Gasteiger partial charge in [0.1, 0.15) is 11.5 Å². The Morgan fingerprint density at radius 1 is 1.23 bits per heavy atom. The molecule has 0 unspecified atom stereocenters. The number of hydrogen-bond donors (Lipinski definition) is 0. The predicted molar refractivity (Wildman–Crippen MR) is 114 cm³/mol. The number of thioether (sulfide) groups is 1. The van der Waals surface area contributed by atoms with Gasteiger partial charge in [0, 0.05) is 10.0 Å². The van der Waals surface area contributed by atoms with Crippen LogP contribution in [0.5, 0.6) is 11.5 Å². The molecule has 0 aliphatic carbocycles. The van der Waals surface area contributed by atoms with Gasteiger partial charge in [0.15, 0.2) is 4.32 Å². The van der Waals surface area contributed by atoms with Crippen LogP contribution in [0, 0.1) is 0 Å². The van der Waals surface area contributed by atoms with Crippen LogP contribution in [0.25, 0.3) is 6.08 Å². The van der Waals surface area contributed by atoms with Gasteiger partial charge in [-0.05, 0) is 55.5 Å². The molecule has 2 aromatic carbocycles. The number of carbonyl (C=O) groups excluding carboxylic acids is 1. The molecule has 0 aromatic heterocycles. The van der Waals surface area contributed by atoms with E-state index in [1.165, 1.54) is 16.7 Å². The molecule has 3 rings (SSSR count). The molecule has 7 heteroatoms. The molecule has 0 radical (unpaired) electrons. The number of rotatable bonds is 5. The molecule has 134 valence electrons. The van der Waals surface area contributed by atoms with Crippen molar-refractivity contribution in [3.05, 3.63) is 57.4 Å². The second kappa shape index (κ2) is 8.24. The van der Waals surface area contributed by atoms with Crippen LogP contribution < -0.4 is 14.4 Å². The lowest BCUT2D eigenvalue weighted by Gasteiger charge is -2.15. The van der Waals surface area contributed by atoms with E-state index in [1.54, 1.807) is 13.2 Å². The molecular weight excluding hydrogens is 434 g/mol. The highest BCUT2D eigenvalue weighted by atomic mass is 79.9. The number of carbonyl (C=O) groups is 1. The molecule has 1 aliphatic rings. The van der Waals surface area contributed by atoms with Crippen LogP contribution in [0.15, 0.2) is 51.8 Å². The monoisotopic (exact) mass is 449 g/mol. The molecule has 1 saturated heterocycles. The number of ether oxygens (including phenoxy) is 2. The molecular formula is C19H16BrNO3S2. The molecule has 1 heterocycles. The Balaban J connectivity index is 1.90. The highest BCUT2D eigenvalue weighted by Crippen LogP contribution is 2.38. The minimum atomic E-state index is -0.147. The summed E-state index contributed by atoms with van der Waals surface area (Å²) >= 11 is 10.1. The van der Waals surface area contributed by atoms with E-state index in [0.29, 0.717) is 21.6 Å². The summed E-state index contributed by atoms with van der Waals surface area (Å²) in [5, 5.41) is 0. The molecule has 0 atom stereocenters. The van der Waals surface area contributed by atoms with Gasteiger partial charge >= 0.3 is 0 Å². The summed E-state index contributed by atoms with van der Waals surface area (Å²) in [6.45, 7) is 2.52. The quantitative estimate of drug-likeness (QED) is 0.459. The lowest BCUT2D eigenvalue weighted by molar-refractivity contribution is -0.113. The third-order valence-corrected chi connectivity index (χ3v) is 5.47. The topological polar surface area (TPSA) is 38.8 Å². The Hall–Kier alpha value is -1.83. The van der Waals surface area contributed by atoms with Crippen molar-refractivity contribution < 1.29 is 14.3 Å². The van der Waals surface area contributed by atoms with E-state index in [2.05, 4.69) is 15.9 Å². The van der Waals surface area contributed by atoms with E-state index in [9.17, 15) is 4.79 Å². The van der Waals surface area contributed by atoms with Crippen molar-refractivity contribution in [1.29, 1.82) is 0 Å². The Kier molecular flexibility index (Phi) is 6.01. The highest BCUT2D eigenvalue weighted by Gasteiger charge is 2.33. The van der Waals surface area contributed by atoms with E-state index in [1.807, 2.05) is 49.4 Å². The van der Waals surface area contributed by atoms with Crippen molar-refractivity contribution in [1.82, 2.24) is 0 Å². The zero-order valence-corrected chi connectivity index (χ0v) is 17.4. The maximum Gasteiger partial charge on any atom is 0.270 e. The van der Waals surface area contributed by atoms with Crippen molar-refractivity contribution in [2.75, 3.05) is 18.6 Å². The van der Waals surface area contributed by atoms with Gasteiger partial charge in [-0.25, -0.2) is 0 Å². The summed E-state index contributed by atoms with van der Waals surface area (Å²) < 4.78 is 12.2. The van der Waals surface area contributed by atoms with Crippen LogP contribution in [0.4, 0.5) is 5.69 Å². The number of amides is 1. The number of hydrogen-bond acceptors (Lipinski definition) is 5. The van der Waals surface area contributed by atoms with E-state index in [4.69, 9.17) is 21.7 Å². The van der Waals surface area contributed by atoms with Crippen molar-refractivity contribution in [2.45, 2.75) is 6.92 Å². The maximum absolute atomic E-state index is 12.9. The van der Waals surface area contributed by atoms with Crippen LogP contribution in [0.2, 0.25) is 0 Å². The number of anilines is 1. The van der Waals surface area contributed by atoms with Crippen LogP contribution >= 0.6 is 39.9 Å². The molecule has 0 spiro atoms. The molecule has 0 N–H and O–H groups in total. The van der Waals surface area contributed by atoms with E-state index in [0.717, 1.165) is 21.5 Å². The van der Waals surface area contributed by atoms with Crippen LogP contribution in [0.3, 0.4) is 0 Å². The van der Waals surface area contributed by atoms with Crippen molar-refractivity contribution in [3.63, 3.8) is 0 Å². The summed E-state index contributed by atoms with van der Waals surface area (Å²) in [4.78, 5) is 15.0. The second-order valence-corrected chi connectivity index (χ2v) is 7.92. The smallest absolute Gasteiger partial charge is 0.270 e. The lowest BCUT2D eigenvalue weighted by atomic mass is 10.2. The van der Waals surface area contributed by atoms with Crippen LogP contribution in [-0.4, -0.2) is 23.9 Å². The van der Waals surface area contributed by atoms with Crippen LogP contribution in [-0.2, 0) is 4.79 Å². The molecule has 0 saturated carbocycles. The third kappa shape index (κ3) is 3.95. The molecule has 2 aromatic rings. The second-order valence-electron chi connectivity index (χ2n) is 5.33. The summed E-state index contributed by atoms with van der Waals surface area (Å²) in [6.07, 6.45) is 1.80. The van der Waals surface area contributed by atoms with Crippen molar-refractivity contribution in [2.24, 2.45) is 0 Å². The zero-order valence-electron chi connectivity index (χ0n) is 14.2.